The monoisotopic (exact) mass is 295 g/mol. The second kappa shape index (κ2) is 6.82. The lowest BCUT2D eigenvalue weighted by atomic mass is 10.1. The van der Waals surface area contributed by atoms with Crippen LogP contribution in [0.1, 0.15) is 24.1 Å². The van der Waals surface area contributed by atoms with Gasteiger partial charge in [0, 0.05) is 11.1 Å². The van der Waals surface area contributed by atoms with Gasteiger partial charge >= 0.3 is 0 Å². The molecule has 2 aromatic rings. The van der Waals surface area contributed by atoms with E-state index in [-0.39, 0.29) is 17.7 Å². The van der Waals surface area contributed by atoms with E-state index in [1.807, 2.05) is 13.0 Å². The van der Waals surface area contributed by atoms with Crippen LogP contribution < -0.4 is 5.32 Å². The van der Waals surface area contributed by atoms with Crippen LogP contribution in [-0.4, -0.2) is 6.54 Å². The highest BCUT2D eigenvalue weighted by molar-refractivity contribution is 6.31. The summed E-state index contributed by atoms with van der Waals surface area (Å²) in [5.41, 5.74) is 1.79. The number of rotatable bonds is 5. The molecule has 0 fully saturated rings. The first-order valence-electron chi connectivity index (χ1n) is 6.49. The van der Waals surface area contributed by atoms with Gasteiger partial charge in [0.25, 0.3) is 0 Å². The summed E-state index contributed by atoms with van der Waals surface area (Å²) >= 11 is 6.01. The van der Waals surface area contributed by atoms with Crippen LogP contribution in [-0.2, 0) is 6.42 Å². The molecule has 0 radical (unpaired) electrons. The number of hydrogen-bond acceptors (Lipinski definition) is 1. The Labute approximate surface area is 122 Å². The summed E-state index contributed by atoms with van der Waals surface area (Å²) in [6.07, 6.45) is 0.723. The van der Waals surface area contributed by atoms with Gasteiger partial charge in [0.05, 0.1) is 0 Å². The molecule has 1 N–H and O–H groups in total. The van der Waals surface area contributed by atoms with Crippen LogP contribution in [0.2, 0.25) is 5.02 Å². The molecule has 0 saturated carbocycles. The predicted octanol–water partition coefficient (Wildman–Crippen LogP) is 4.51. The van der Waals surface area contributed by atoms with E-state index >= 15 is 0 Å². The molecule has 0 aromatic heterocycles. The Balaban J connectivity index is 1.90. The first-order chi connectivity index (χ1) is 9.56. The average Bonchev–Trinajstić information content (AvgIpc) is 2.38. The Morgan fingerprint density at radius 2 is 1.85 bits per heavy atom. The van der Waals surface area contributed by atoms with Crippen molar-refractivity contribution in [2.75, 3.05) is 6.54 Å². The van der Waals surface area contributed by atoms with Crippen molar-refractivity contribution in [3.8, 4) is 0 Å². The Hall–Kier alpha value is -1.45. The van der Waals surface area contributed by atoms with Crippen LogP contribution in [0, 0.1) is 11.6 Å². The topological polar surface area (TPSA) is 12.0 Å². The lowest BCUT2D eigenvalue weighted by Crippen LogP contribution is -2.21. The van der Waals surface area contributed by atoms with Crippen LogP contribution in [0.4, 0.5) is 8.78 Å². The molecule has 0 heterocycles. The molecular formula is C16H16ClF2N. The van der Waals surface area contributed by atoms with Crippen LogP contribution in [0.25, 0.3) is 0 Å². The molecule has 106 valence electrons. The molecule has 1 nitrogen and oxygen atoms in total. The molecule has 1 unspecified atom stereocenters. The molecule has 0 amide bonds. The van der Waals surface area contributed by atoms with Crippen molar-refractivity contribution in [3.05, 3.63) is 70.2 Å². The summed E-state index contributed by atoms with van der Waals surface area (Å²) in [5.74, 6) is -0.567. The first kappa shape index (κ1) is 14.9. The molecule has 0 aliphatic heterocycles. The minimum atomic E-state index is -0.342. The zero-order valence-electron chi connectivity index (χ0n) is 11.2. The fourth-order valence-corrected chi connectivity index (χ4v) is 2.42. The first-order valence-corrected chi connectivity index (χ1v) is 6.87. The number of nitrogens with one attached hydrogen (secondary N) is 1. The maximum atomic E-state index is 13.0. The van der Waals surface area contributed by atoms with Crippen LogP contribution in [0.3, 0.4) is 0 Å². The third kappa shape index (κ3) is 4.02. The molecule has 0 spiro atoms. The van der Waals surface area contributed by atoms with Crippen molar-refractivity contribution >= 4 is 11.6 Å². The van der Waals surface area contributed by atoms with Crippen molar-refractivity contribution in [1.29, 1.82) is 0 Å². The molecule has 20 heavy (non-hydrogen) atoms. The van der Waals surface area contributed by atoms with Gasteiger partial charge < -0.3 is 5.32 Å². The maximum absolute atomic E-state index is 13.0. The molecule has 2 aromatic carbocycles. The minimum Gasteiger partial charge on any atom is -0.310 e. The second-order valence-electron chi connectivity index (χ2n) is 4.72. The molecule has 0 bridgehead atoms. The molecule has 4 heteroatoms. The van der Waals surface area contributed by atoms with Crippen molar-refractivity contribution in [2.45, 2.75) is 19.4 Å². The lowest BCUT2D eigenvalue weighted by molar-refractivity contribution is 0.571. The zero-order chi connectivity index (χ0) is 14.5. The fraction of sp³-hybridized carbons (Fsp3) is 0.250. The van der Waals surface area contributed by atoms with E-state index in [1.165, 1.54) is 24.3 Å². The molecule has 0 saturated heterocycles. The van der Waals surface area contributed by atoms with Crippen LogP contribution >= 0.6 is 11.6 Å². The summed E-state index contributed by atoms with van der Waals surface area (Å²) < 4.78 is 26.0. The Bertz CT molecular complexity index is 586. The zero-order valence-corrected chi connectivity index (χ0v) is 11.9. The Kier molecular flexibility index (Phi) is 5.10. The Morgan fingerprint density at radius 1 is 1.10 bits per heavy atom. The van der Waals surface area contributed by atoms with Gasteiger partial charge in [-0.05, 0) is 55.3 Å². The van der Waals surface area contributed by atoms with E-state index < -0.39 is 0 Å². The maximum Gasteiger partial charge on any atom is 0.124 e. The minimum absolute atomic E-state index is 0.0108. The summed E-state index contributed by atoms with van der Waals surface area (Å²) in [7, 11) is 0. The number of hydrogen-bond donors (Lipinski definition) is 1. The summed E-state index contributed by atoms with van der Waals surface area (Å²) in [5, 5.41) is 3.71. The third-order valence-electron chi connectivity index (χ3n) is 3.18. The summed E-state index contributed by atoms with van der Waals surface area (Å²) in [6.45, 7) is 2.66. The third-order valence-corrected chi connectivity index (χ3v) is 3.51. The van der Waals surface area contributed by atoms with Crippen molar-refractivity contribution in [3.63, 3.8) is 0 Å². The van der Waals surface area contributed by atoms with Gasteiger partial charge in [0.15, 0.2) is 0 Å². The van der Waals surface area contributed by atoms with Gasteiger partial charge in [-0.2, -0.15) is 0 Å². The molecular weight excluding hydrogens is 280 g/mol. The van der Waals surface area contributed by atoms with Gasteiger partial charge in [-0.15, -0.1) is 0 Å². The van der Waals surface area contributed by atoms with Gasteiger partial charge in [-0.3, -0.25) is 0 Å². The number of benzene rings is 2. The highest BCUT2D eigenvalue weighted by atomic mass is 35.5. The van der Waals surface area contributed by atoms with Crippen molar-refractivity contribution in [1.82, 2.24) is 5.32 Å². The molecule has 0 aliphatic carbocycles. The highest BCUT2D eigenvalue weighted by Crippen LogP contribution is 2.23. The quantitative estimate of drug-likeness (QED) is 0.855. The van der Waals surface area contributed by atoms with E-state index in [0.717, 1.165) is 17.5 Å². The molecule has 2 rings (SSSR count). The number of halogens is 3. The fourth-order valence-electron chi connectivity index (χ4n) is 2.09. The van der Waals surface area contributed by atoms with Crippen LogP contribution in [0.5, 0.6) is 0 Å². The van der Waals surface area contributed by atoms with Gasteiger partial charge in [-0.1, -0.05) is 29.8 Å². The highest BCUT2D eigenvalue weighted by Gasteiger charge is 2.09. The largest absolute Gasteiger partial charge is 0.310 e. The molecule has 1 atom stereocenters. The van der Waals surface area contributed by atoms with Crippen molar-refractivity contribution in [2.24, 2.45) is 0 Å². The Morgan fingerprint density at radius 3 is 2.55 bits per heavy atom. The van der Waals surface area contributed by atoms with Gasteiger partial charge in [0.1, 0.15) is 11.6 Å². The standard InChI is InChI=1S/C16H16ClF2N/c1-11(15-6-5-14(19)10-16(15)17)20-8-7-12-3-2-4-13(18)9-12/h2-6,9-11,20H,7-8H2,1H3. The van der Waals surface area contributed by atoms with Crippen molar-refractivity contribution < 1.29 is 8.78 Å². The average molecular weight is 296 g/mol. The van der Waals surface area contributed by atoms with Crippen LogP contribution in [0.15, 0.2) is 42.5 Å². The smallest absolute Gasteiger partial charge is 0.124 e. The summed E-state index contributed by atoms with van der Waals surface area (Å²) in [6, 6.07) is 10.9. The van der Waals surface area contributed by atoms with E-state index in [2.05, 4.69) is 5.32 Å². The molecule has 0 aliphatic rings. The van der Waals surface area contributed by atoms with E-state index in [0.29, 0.717) is 11.6 Å². The second-order valence-corrected chi connectivity index (χ2v) is 5.13. The van der Waals surface area contributed by atoms with E-state index in [9.17, 15) is 8.78 Å². The van der Waals surface area contributed by atoms with E-state index in [1.54, 1.807) is 12.1 Å². The normalized spacial score (nSPS) is 12.4. The lowest BCUT2D eigenvalue weighted by Gasteiger charge is -2.15. The van der Waals surface area contributed by atoms with Gasteiger partial charge in [0.2, 0.25) is 0 Å². The SMILES string of the molecule is CC(NCCc1cccc(F)c1)c1ccc(F)cc1Cl. The predicted molar refractivity (Wildman–Crippen MR) is 77.9 cm³/mol. The summed E-state index contributed by atoms with van der Waals surface area (Å²) in [4.78, 5) is 0. The van der Waals surface area contributed by atoms with Gasteiger partial charge in [-0.25, -0.2) is 8.78 Å². The van der Waals surface area contributed by atoms with E-state index in [4.69, 9.17) is 11.6 Å².